The third-order valence-electron chi connectivity index (χ3n) is 3.67. The molecule has 0 spiro atoms. The maximum atomic E-state index is 5.43. The molecule has 0 radical (unpaired) electrons. The van der Waals surface area contributed by atoms with Gasteiger partial charge < -0.3 is 0 Å². The molecule has 0 aromatic heterocycles. The van der Waals surface area contributed by atoms with E-state index in [1.807, 2.05) is 0 Å². The van der Waals surface area contributed by atoms with Crippen molar-refractivity contribution in [1.29, 1.82) is 0 Å². The van der Waals surface area contributed by atoms with E-state index in [0.29, 0.717) is 0 Å². The SMILES string of the molecule is C1OCC1[S][Sn]([S]C1COC1)([S]C1COC1)[S]C1COC1. The van der Waals surface area contributed by atoms with Crippen LogP contribution < -0.4 is 0 Å². The van der Waals surface area contributed by atoms with E-state index in [2.05, 4.69) is 35.8 Å². The Morgan fingerprint density at radius 1 is 0.476 bits per heavy atom. The van der Waals surface area contributed by atoms with Gasteiger partial charge in [0.2, 0.25) is 0 Å². The molecule has 0 saturated carbocycles. The van der Waals surface area contributed by atoms with Gasteiger partial charge in [0.15, 0.2) is 0 Å². The zero-order chi connectivity index (χ0) is 14.1. The molecule has 0 unspecified atom stereocenters. The van der Waals surface area contributed by atoms with E-state index < -0.39 is 12.8 Å². The summed E-state index contributed by atoms with van der Waals surface area (Å²) in [4.78, 5) is 0. The monoisotopic (exact) mass is 476 g/mol. The average molecular weight is 475 g/mol. The van der Waals surface area contributed by atoms with Crippen LogP contribution in [0.15, 0.2) is 0 Å². The van der Waals surface area contributed by atoms with Crippen LogP contribution in [0.4, 0.5) is 0 Å². The van der Waals surface area contributed by atoms with Crippen molar-refractivity contribution in [2.24, 2.45) is 0 Å². The first-order valence-corrected chi connectivity index (χ1v) is 24.8. The zero-order valence-corrected chi connectivity index (χ0v) is 17.9. The van der Waals surface area contributed by atoms with Crippen LogP contribution in [-0.4, -0.2) is 86.7 Å². The van der Waals surface area contributed by atoms with Crippen molar-refractivity contribution < 1.29 is 18.9 Å². The van der Waals surface area contributed by atoms with Gasteiger partial charge in [-0.05, 0) is 0 Å². The first-order chi connectivity index (χ1) is 10.3. The summed E-state index contributed by atoms with van der Waals surface area (Å²) in [6.07, 6.45) is 0. The fourth-order valence-electron chi connectivity index (χ4n) is 2.11. The van der Waals surface area contributed by atoms with Crippen molar-refractivity contribution in [2.75, 3.05) is 52.9 Å². The second-order valence-corrected chi connectivity index (χ2v) is 47.0. The molecule has 0 aromatic rings. The Balaban J connectivity index is 1.45. The number of hydrogen-bond acceptors (Lipinski definition) is 8. The average Bonchev–Trinajstić information content (AvgIpc) is 2.28. The molecule has 21 heavy (non-hydrogen) atoms. The molecule has 4 saturated heterocycles. The zero-order valence-electron chi connectivity index (χ0n) is 11.7. The van der Waals surface area contributed by atoms with Gasteiger partial charge in [0.25, 0.3) is 0 Å². The van der Waals surface area contributed by atoms with Crippen molar-refractivity contribution in [3.8, 4) is 0 Å². The second-order valence-electron chi connectivity index (χ2n) is 5.61. The van der Waals surface area contributed by atoms with Crippen LogP contribution >= 0.6 is 35.8 Å². The molecule has 4 aliphatic heterocycles. The Hall–Kier alpha value is 2.04. The van der Waals surface area contributed by atoms with Crippen LogP contribution in [0.1, 0.15) is 0 Å². The molecule has 0 bridgehead atoms. The predicted octanol–water partition coefficient (Wildman–Crippen LogP) is 1.95. The van der Waals surface area contributed by atoms with Crippen LogP contribution in [0.2, 0.25) is 0 Å². The first kappa shape index (κ1) is 16.5. The molecule has 0 aliphatic carbocycles. The van der Waals surface area contributed by atoms with Crippen molar-refractivity contribution in [1.82, 2.24) is 0 Å². The fraction of sp³-hybridized carbons (Fsp3) is 1.00. The van der Waals surface area contributed by atoms with Crippen LogP contribution in [0, 0.1) is 0 Å². The molecular weight excluding hydrogens is 455 g/mol. The Bertz CT molecular complexity index is 292. The standard InChI is InChI=1S/4C3H6OS.Sn/c4*5-3-1-4-2-3;/h4*3,5H,1-2H2;/q;;;;+4/p-4. The molecule has 0 amide bonds. The van der Waals surface area contributed by atoms with Crippen molar-refractivity contribution in [2.45, 2.75) is 21.0 Å². The number of ether oxygens (including phenoxy) is 4. The van der Waals surface area contributed by atoms with Gasteiger partial charge in [-0.25, -0.2) is 0 Å². The van der Waals surface area contributed by atoms with Gasteiger partial charge in [-0.2, -0.15) is 0 Å². The summed E-state index contributed by atoms with van der Waals surface area (Å²) in [5.41, 5.74) is 0. The molecule has 4 fully saturated rings. The Morgan fingerprint density at radius 2 is 0.714 bits per heavy atom. The summed E-state index contributed by atoms with van der Waals surface area (Å²) in [6, 6.07) is 0. The summed E-state index contributed by atoms with van der Waals surface area (Å²) in [6.45, 7) is 7.62. The Labute approximate surface area is 140 Å². The molecule has 0 N–H and O–H groups in total. The van der Waals surface area contributed by atoms with Crippen molar-refractivity contribution in [3.63, 3.8) is 0 Å². The predicted molar refractivity (Wildman–Crippen MR) is 94.5 cm³/mol. The molecular formula is C12H20O4S4Sn. The van der Waals surface area contributed by atoms with Crippen LogP contribution in [-0.2, 0) is 18.9 Å². The van der Waals surface area contributed by atoms with Crippen molar-refractivity contribution in [3.05, 3.63) is 0 Å². The minimum absolute atomic E-state index is 0.733. The number of hydrogen-bond donors (Lipinski definition) is 0. The first-order valence-electron chi connectivity index (χ1n) is 7.33. The van der Waals surface area contributed by atoms with Gasteiger partial charge in [0, 0.05) is 0 Å². The third-order valence-corrected chi connectivity index (χ3v) is 51.8. The van der Waals surface area contributed by atoms with E-state index in [1.165, 1.54) is 0 Å². The van der Waals surface area contributed by atoms with E-state index in [0.717, 1.165) is 73.9 Å². The van der Waals surface area contributed by atoms with Gasteiger partial charge in [-0.1, -0.05) is 0 Å². The molecule has 4 nitrogen and oxygen atoms in total. The van der Waals surface area contributed by atoms with Crippen LogP contribution in [0.25, 0.3) is 0 Å². The number of rotatable bonds is 8. The van der Waals surface area contributed by atoms with E-state index in [1.54, 1.807) is 0 Å². The molecule has 0 aromatic carbocycles. The van der Waals surface area contributed by atoms with E-state index in [9.17, 15) is 0 Å². The van der Waals surface area contributed by atoms with E-state index >= 15 is 0 Å². The van der Waals surface area contributed by atoms with Gasteiger partial charge in [0.1, 0.15) is 0 Å². The molecule has 4 aliphatic rings. The molecule has 0 atom stereocenters. The summed E-state index contributed by atoms with van der Waals surface area (Å²) < 4.78 is 21.7. The van der Waals surface area contributed by atoms with Gasteiger partial charge in [0.05, 0.1) is 0 Å². The Morgan fingerprint density at radius 3 is 0.857 bits per heavy atom. The van der Waals surface area contributed by atoms with Gasteiger partial charge in [-0.15, -0.1) is 0 Å². The van der Waals surface area contributed by atoms with E-state index in [4.69, 9.17) is 18.9 Å². The summed E-state index contributed by atoms with van der Waals surface area (Å²) in [5.74, 6) is 0. The summed E-state index contributed by atoms with van der Waals surface area (Å²) >= 11 is -2.46. The minimum atomic E-state index is -2.46. The van der Waals surface area contributed by atoms with E-state index in [-0.39, 0.29) is 0 Å². The quantitative estimate of drug-likeness (QED) is 0.494. The normalized spacial score (nSPS) is 28.6. The fourth-order valence-corrected chi connectivity index (χ4v) is 66.5. The maximum absolute atomic E-state index is 5.43. The Kier molecular flexibility index (Phi) is 5.90. The summed E-state index contributed by atoms with van der Waals surface area (Å²) in [5, 5.41) is 2.93. The third kappa shape index (κ3) is 4.18. The second kappa shape index (κ2) is 7.51. The topological polar surface area (TPSA) is 36.9 Å². The molecule has 9 heteroatoms. The molecule has 120 valence electrons. The van der Waals surface area contributed by atoms with Crippen LogP contribution in [0.5, 0.6) is 0 Å². The molecule has 4 heterocycles. The molecule has 4 rings (SSSR count). The van der Waals surface area contributed by atoms with Gasteiger partial charge in [-0.3, -0.25) is 0 Å². The van der Waals surface area contributed by atoms with Gasteiger partial charge >= 0.3 is 141 Å². The summed E-state index contributed by atoms with van der Waals surface area (Å²) in [7, 11) is 9.28. The van der Waals surface area contributed by atoms with Crippen molar-refractivity contribution >= 4 is 48.6 Å². The van der Waals surface area contributed by atoms with Crippen LogP contribution in [0.3, 0.4) is 0 Å².